The second-order valence-electron chi connectivity index (χ2n) is 45.7. The molecule has 5 heterocycles. The number of thiocarbonyl (C=S) groups is 1. The Balaban J connectivity index is 0.000000113. The van der Waals surface area contributed by atoms with Crippen molar-refractivity contribution in [2.24, 2.45) is 179 Å². The Morgan fingerprint density at radius 2 is 0.705 bits per heavy atom. The number of nitrogens with zero attached hydrogens (tertiary/aromatic N) is 2. The zero-order chi connectivity index (χ0) is 76.8. The fourth-order valence-electron chi connectivity index (χ4n) is 35.8. The summed E-state index contributed by atoms with van der Waals surface area (Å²) in [7, 11) is 0. The predicted molar refractivity (Wildman–Crippen MR) is 447 cm³/mol. The van der Waals surface area contributed by atoms with Crippen LogP contribution < -0.4 is 0 Å². The van der Waals surface area contributed by atoms with Crippen LogP contribution in [0.5, 0.6) is 0 Å². The lowest BCUT2D eigenvalue weighted by Crippen LogP contribution is -2.59. The summed E-state index contributed by atoms with van der Waals surface area (Å²) in [6.45, 7) is 42.3. The first-order valence-corrected chi connectivity index (χ1v) is 47.4. The summed E-state index contributed by atoms with van der Waals surface area (Å²) in [4.78, 5) is 4.13. The van der Waals surface area contributed by atoms with Gasteiger partial charge in [0.1, 0.15) is 6.33 Å². The van der Waals surface area contributed by atoms with Gasteiger partial charge in [-0.05, 0) is 337 Å². The molecule has 1 unspecified atom stereocenters. The van der Waals surface area contributed by atoms with Gasteiger partial charge in [0.25, 0.3) is 5.17 Å². The lowest BCUT2D eigenvalue weighted by atomic mass is 9.42. The molecular formula is C98H162N2O11S. The highest BCUT2D eigenvalue weighted by Crippen LogP contribution is 2.76. The average Bonchev–Trinajstić information content (AvgIpc) is 1.51. The highest BCUT2D eigenvalue weighted by atomic mass is 32.1. The average molecular weight is 1580 g/mol. The van der Waals surface area contributed by atoms with Crippen LogP contribution in [0.4, 0.5) is 0 Å². The van der Waals surface area contributed by atoms with E-state index in [4.69, 9.17) is 54.8 Å². The Morgan fingerprint density at radius 1 is 0.384 bits per heavy atom. The summed E-state index contributed by atoms with van der Waals surface area (Å²) in [5.41, 5.74) is 2.21. The van der Waals surface area contributed by atoms with Crippen LogP contribution in [0, 0.1) is 179 Å². The second kappa shape index (κ2) is 30.3. The van der Waals surface area contributed by atoms with Crippen molar-refractivity contribution in [3.63, 3.8) is 0 Å². The Labute approximate surface area is 686 Å². The number of imidazole rings is 1. The van der Waals surface area contributed by atoms with E-state index in [0.29, 0.717) is 63.0 Å². The van der Waals surface area contributed by atoms with Gasteiger partial charge < -0.3 is 52.8 Å². The van der Waals surface area contributed by atoms with Gasteiger partial charge in [-0.15, -0.1) is 0 Å². The number of hydrogen-bond donors (Lipinski definition) is 2. The Kier molecular flexibility index (Phi) is 22.8. The summed E-state index contributed by atoms with van der Waals surface area (Å²) >= 11 is 5.58. The number of fused-ring (bicyclic) bond motifs is 24. The third kappa shape index (κ3) is 12.7. The zero-order valence-corrected chi connectivity index (χ0v) is 72.4. The largest absolute Gasteiger partial charge is 0.470 e. The predicted octanol–water partition coefficient (Wildman–Crippen LogP) is 22.0. The van der Waals surface area contributed by atoms with E-state index in [1.807, 2.05) is 10.8 Å². The van der Waals surface area contributed by atoms with Crippen LogP contribution in [0.25, 0.3) is 0 Å². The maximum absolute atomic E-state index is 10.7. The standard InChI is InChI=1S/C27H40N2O3S.2C23H38O3.C23H38O2.2CH4/c1-18-4-7-25(2)21-5-8-26(3)22(6-9-27(26)31-12-13-32-27)20(21)15-19(23(25)14-18)16-30-24(33)29-11-10-28-17-29;1-15-13-16-17(21(3)10-9-20(2,24)14-19(15)21)5-7-22(4)18(16)6-8-23(22)25-11-12-26-23;1-15-4-7-21(2)18-5-8-22(3)19(6-9-23(22)25-10-11-26-23)17(18)13-16(14-24)20(21)12-15;1-15-5-8-21(3)18-6-9-22(4)19(7-10-23(22)24-11-12-25-23)17(18)14-16(2)20(21)13-15;;/h10-11,17-23H,4-9,12-16H2,1-3H3;15-19,24H,5-14H2,1-4H3;15-20,24H,4-14H2,1-3H3;15-20H,5-14H2,1-4H3;2*1H4/t18-,19-,20+,21-,22-,23+,25+,26-;15-,16-,17+,18+,19-,20?,21-,22+;15-,16-,17+,18-,19-,20+,21+,22-;15-,16+,17+,18-,19-,20+,21+,22-;;/m0100../s1. The van der Waals surface area contributed by atoms with Gasteiger partial charge in [-0.1, -0.05) is 124 Å². The first-order valence-electron chi connectivity index (χ1n) is 47.0. The Bertz CT molecular complexity index is 3420. The van der Waals surface area contributed by atoms with Crippen molar-refractivity contribution >= 4 is 17.4 Å². The summed E-state index contributed by atoms with van der Waals surface area (Å²) in [5, 5.41) is 21.5. The van der Waals surface area contributed by atoms with E-state index in [0.717, 1.165) is 205 Å². The molecule has 0 bridgehead atoms. The molecule has 20 aliphatic rings. The number of ether oxygens (including phenoxy) is 9. The number of aliphatic hydroxyl groups excluding tert-OH is 1. The van der Waals surface area contributed by atoms with Crippen molar-refractivity contribution in [2.75, 3.05) is 66.1 Å². The van der Waals surface area contributed by atoms with Gasteiger partial charge >= 0.3 is 0 Å². The molecule has 20 fully saturated rings. The van der Waals surface area contributed by atoms with Crippen LogP contribution in [-0.2, 0) is 42.6 Å². The van der Waals surface area contributed by atoms with Crippen LogP contribution in [-0.4, -0.2) is 120 Å². The molecule has 32 atom stereocenters. The van der Waals surface area contributed by atoms with E-state index < -0.39 is 5.60 Å². The minimum absolute atomic E-state index is 0. The van der Waals surface area contributed by atoms with Crippen molar-refractivity contribution in [1.29, 1.82) is 0 Å². The van der Waals surface area contributed by atoms with Gasteiger partial charge in [0, 0.05) is 66.3 Å². The zero-order valence-electron chi connectivity index (χ0n) is 71.6. The van der Waals surface area contributed by atoms with Gasteiger partial charge in [0.15, 0.2) is 23.1 Å². The van der Waals surface area contributed by atoms with Crippen molar-refractivity contribution in [1.82, 2.24) is 9.55 Å². The Hall–Kier alpha value is -1.30. The minimum Gasteiger partial charge on any atom is -0.470 e. The molecule has 112 heavy (non-hydrogen) atoms. The third-order valence-electron chi connectivity index (χ3n) is 41.4. The summed E-state index contributed by atoms with van der Waals surface area (Å²) < 4.78 is 58.6. The van der Waals surface area contributed by atoms with Crippen LogP contribution in [0.1, 0.15) is 317 Å². The first-order chi connectivity index (χ1) is 52.4. The molecule has 636 valence electrons. The molecule has 13 nitrogen and oxygen atoms in total. The fourth-order valence-corrected chi connectivity index (χ4v) is 35.9. The smallest absolute Gasteiger partial charge is 0.268 e. The molecule has 4 spiro atoms. The molecule has 16 saturated carbocycles. The van der Waals surface area contributed by atoms with Gasteiger partial charge in [0.2, 0.25) is 0 Å². The number of rotatable bonds is 3. The summed E-state index contributed by atoms with van der Waals surface area (Å²) in [6.07, 6.45) is 46.5. The summed E-state index contributed by atoms with van der Waals surface area (Å²) in [6, 6.07) is 0. The molecule has 2 N–H and O–H groups in total. The van der Waals surface area contributed by atoms with Crippen LogP contribution in [0.15, 0.2) is 18.7 Å². The highest BCUT2D eigenvalue weighted by molar-refractivity contribution is 7.80. The van der Waals surface area contributed by atoms with E-state index in [2.05, 4.69) is 102 Å². The molecular weight excluding hydrogens is 1410 g/mol. The van der Waals surface area contributed by atoms with E-state index in [1.165, 1.54) is 167 Å². The van der Waals surface area contributed by atoms with Gasteiger partial charge in [0.05, 0.1) is 65.1 Å². The monoisotopic (exact) mass is 1580 g/mol. The fraction of sp³-hybridized carbons (Fsp3) is 0.959. The topological polar surface area (TPSA) is 141 Å². The maximum Gasteiger partial charge on any atom is 0.268 e. The molecule has 0 aromatic carbocycles. The lowest BCUT2D eigenvalue weighted by Gasteiger charge is -2.64. The van der Waals surface area contributed by atoms with Gasteiger partial charge in [-0.3, -0.25) is 4.57 Å². The van der Waals surface area contributed by atoms with E-state index in [1.54, 1.807) is 12.5 Å². The maximum atomic E-state index is 10.7. The molecule has 0 radical (unpaired) electrons. The SMILES string of the molecule is C.C.C[C@@H]1C[C@@H]2[C@H](CC[C@@]3(C)[C@H]2CCC32OCCO2)[C@@]2(C)CCC(C)(O)C[C@H]12.C[C@H]1CC[C@@]2(C)[C@H](C1)[C@H](C)C[C@@H]1[C@@H]2CC[C@@]2(C)[C@H]1CCC21OCCO1.C[C@H]1CC[C@@]2(C)[C@H](C1)[C@H](CO)C[C@@H]1[C@@H]2CC[C@@]2(C)[C@H]1CCC21OCCO1.C[C@H]1CC[C@@]2(C)[C@H](C1)[C@H](COC(=S)n1ccnc1)C[C@@H]1[C@@H]2CC[C@@]2(C)[C@H]1CCC21OCCO1. The summed E-state index contributed by atoms with van der Waals surface area (Å²) in [5.74, 6) is 16.9. The molecule has 14 heteroatoms. The van der Waals surface area contributed by atoms with E-state index in [9.17, 15) is 10.2 Å². The minimum atomic E-state index is -0.447. The molecule has 0 amide bonds. The van der Waals surface area contributed by atoms with Crippen LogP contribution in [0.3, 0.4) is 0 Å². The van der Waals surface area contributed by atoms with Crippen LogP contribution in [0.2, 0.25) is 0 Å². The van der Waals surface area contributed by atoms with Crippen molar-refractivity contribution in [3.05, 3.63) is 18.7 Å². The van der Waals surface area contributed by atoms with Crippen molar-refractivity contribution in [2.45, 2.75) is 346 Å². The van der Waals surface area contributed by atoms with E-state index in [-0.39, 0.29) is 59.7 Å². The quantitative estimate of drug-likeness (QED) is 0.278. The molecule has 4 aliphatic heterocycles. The first kappa shape index (κ1) is 84.3. The molecule has 21 rings (SSSR count). The number of aliphatic hydroxyl groups is 2. The van der Waals surface area contributed by atoms with Crippen molar-refractivity contribution in [3.8, 4) is 0 Å². The molecule has 16 aliphatic carbocycles. The molecule has 1 aromatic rings. The van der Waals surface area contributed by atoms with Crippen molar-refractivity contribution < 1.29 is 52.8 Å². The van der Waals surface area contributed by atoms with Gasteiger partial charge in [-0.25, -0.2) is 4.98 Å². The van der Waals surface area contributed by atoms with Gasteiger partial charge in [-0.2, -0.15) is 0 Å². The van der Waals surface area contributed by atoms with E-state index >= 15 is 0 Å². The second-order valence-corrected chi connectivity index (χ2v) is 46.1. The normalized spacial score (nSPS) is 52.7. The number of aromatic nitrogens is 2. The molecule has 1 aromatic heterocycles. The highest BCUT2D eigenvalue weighted by Gasteiger charge is 2.74. The van der Waals surface area contributed by atoms with Crippen LogP contribution >= 0.6 is 12.2 Å². The number of hydrogen-bond acceptors (Lipinski definition) is 13. The Morgan fingerprint density at radius 3 is 1.07 bits per heavy atom. The lowest BCUT2D eigenvalue weighted by molar-refractivity contribution is -0.251. The molecule has 4 saturated heterocycles. The third-order valence-corrected chi connectivity index (χ3v) is 41.7.